The predicted molar refractivity (Wildman–Crippen MR) is 104 cm³/mol. The molecule has 2 aliphatic heterocycles. The lowest BCUT2D eigenvalue weighted by molar-refractivity contribution is -0.238. The van der Waals surface area contributed by atoms with Crippen LogP contribution in [0.15, 0.2) is 30.3 Å². The molecule has 12 heteroatoms. The maximum atomic E-state index is 12.5. The first-order valence-electron chi connectivity index (χ1n) is 9.12. The van der Waals surface area contributed by atoms with Crippen LogP contribution in [0.5, 0.6) is 0 Å². The molecule has 0 saturated carbocycles. The van der Waals surface area contributed by atoms with Crippen LogP contribution in [0.3, 0.4) is 0 Å². The minimum Gasteiger partial charge on any atom is -0.374 e. The lowest BCUT2D eigenvalue weighted by Gasteiger charge is -2.38. The Kier molecular flexibility index (Phi) is 6.11. The number of hydrogen-bond donors (Lipinski definition) is 2. The molecule has 3 rings (SSSR count). The molecule has 2 N–H and O–H groups in total. The molecule has 2 saturated heterocycles. The van der Waals surface area contributed by atoms with Crippen LogP contribution >= 0.6 is 0 Å². The lowest BCUT2D eigenvalue weighted by Crippen LogP contribution is -2.63. The van der Waals surface area contributed by atoms with Crippen molar-refractivity contribution in [2.45, 2.75) is 61.2 Å². The highest BCUT2D eigenvalue weighted by molar-refractivity contribution is 7.95. The summed E-state index contributed by atoms with van der Waals surface area (Å²) in [5.41, 5.74) is -1.94. The summed E-state index contributed by atoms with van der Waals surface area (Å²) in [5.74, 6) is -1.08. The summed E-state index contributed by atoms with van der Waals surface area (Å²) >= 11 is 0. The maximum absolute atomic E-state index is 12.5. The summed E-state index contributed by atoms with van der Waals surface area (Å²) < 4.78 is 71.8. The van der Waals surface area contributed by atoms with E-state index in [0.717, 1.165) is 5.56 Å². The average molecular weight is 467 g/mol. The fourth-order valence-corrected chi connectivity index (χ4v) is 6.38. The van der Waals surface area contributed by atoms with Crippen LogP contribution in [0.25, 0.3) is 0 Å². The fourth-order valence-electron chi connectivity index (χ4n) is 3.60. The first-order chi connectivity index (χ1) is 13.7. The molecular formula is C18H26O10S2. The summed E-state index contributed by atoms with van der Waals surface area (Å²) in [6, 6.07) is 8.91. The Bertz CT molecular complexity index is 975. The van der Waals surface area contributed by atoms with Crippen molar-refractivity contribution >= 4 is 19.7 Å². The normalized spacial score (nSPS) is 31.8. The molecule has 0 spiro atoms. The van der Waals surface area contributed by atoms with Crippen molar-refractivity contribution in [1.29, 1.82) is 0 Å². The van der Waals surface area contributed by atoms with E-state index >= 15 is 0 Å². The average Bonchev–Trinajstić information content (AvgIpc) is 3.09. The van der Waals surface area contributed by atoms with Crippen LogP contribution in [0.4, 0.5) is 0 Å². The number of aliphatic hydroxyl groups is 2. The lowest BCUT2D eigenvalue weighted by atomic mass is 10.0. The Morgan fingerprint density at radius 3 is 2.27 bits per heavy atom. The molecule has 30 heavy (non-hydrogen) atoms. The largest absolute Gasteiger partial charge is 0.374 e. The standard InChI is InChI=1S/C18H26O10S2/c1-17(2)27-13-12(25-10-11-8-6-5-7-9-11)14(26-15(13)28-17)18(20,30(4,23)24)16(19)29(3,21)22/h5-9,12-16,19-20H,10H2,1-4H3/t12-,13-,14+,15-,16?,18?/m1/s1. The van der Waals surface area contributed by atoms with E-state index in [1.165, 1.54) is 0 Å². The van der Waals surface area contributed by atoms with Gasteiger partial charge < -0.3 is 29.2 Å². The summed E-state index contributed by atoms with van der Waals surface area (Å²) in [5, 5.41) is 21.4. The van der Waals surface area contributed by atoms with Gasteiger partial charge in [-0.25, -0.2) is 16.8 Å². The van der Waals surface area contributed by atoms with Crippen molar-refractivity contribution < 1.29 is 46.0 Å². The molecule has 0 aromatic heterocycles. The number of rotatable bonds is 7. The topological polar surface area (TPSA) is 146 Å². The summed E-state index contributed by atoms with van der Waals surface area (Å²) in [6.45, 7) is 3.23. The van der Waals surface area contributed by atoms with Gasteiger partial charge in [-0.2, -0.15) is 0 Å². The number of sulfone groups is 2. The van der Waals surface area contributed by atoms with Gasteiger partial charge in [0.2, 0.25) is 10.4 Å². The molecule has 2 aliphatic rings. The van der Waals surface area contributed by atoms with E-state index in [1.54, 1.807) is 38.1 Å². The zero-order valence-corrected chi connectivity index (χ0v) is 18.6. The molecule has 10 nitrogen and oxygen atoms in total. The van der Waals surface area contributed by atoms with Crippen LogP contribution in [-0.2, 0) is 45.2 Å². The SMILES string of the molecule is CC1(C)O[C@H]2O[C@H](C(O)(C(O)S(C)(=O)=O)S(C)(=O)=O)[C@H](OCc3ccccc3)[C@H]2O1. The van der Waals surface area contributed by atoms with Crippen LogP contribution in [0.1, 0.15) is 19.4 Å². The third-order valence-electron chi connectivity index (χ3n) is 5.04. The van der Waals surface area contributed by atoms with E-state index in [9.17, 15) is 27.0 Å². The third-order valence-corrected chi connectivity index (χ3v) is 8.00. The molecule has 0 radical (unpaired) electrons. The van der Waals surface area contributed by atoms with Gasteiger partial charge in [-0.1, -0.05) is 30.3 Å². The van der Waals surface area contributed by atoms with E-state index in [0.29, 0.717) is 12.5 Å². The smallest absolute Gasteiger partial charge is 0.235 e. The minimum absolute atomic E-state index is 0.00676. The highest BCUT2D eigenvalue weighted by Crippen LogP contribution is 2.44. The first-order valence-corrected chi connectivity index (χ1v) is 13.0. The second-order valence-corrected chi connectivity index (χ2v) is 12.3. The van der Waals surface area contributed by atoms with Gasteiger partial charge in [0.25, 0.3) is 0 Å². The van der Waals surface area contributed by atoms with Gasteiger partial charge in [0.15, 0.2) is 31.8 Å². The van der Waals surface area contributed by atoms with Gasteiger partial charge in [-0.15, -0.1) is 0 Å². The number of fused-ring (bicyclic) bond motifs is 1. The van der Waals surface area contributed by atoms with Crippen LogP contribution in [0.2, 0.25) is 0 Å². The first kappa shape index (κ1) is 23.5. The number of hydrogen-bond acceptors (Lipinski definition) is 10. The van der Waals surface area contributed by atoms with Crippen molar-refractivity contribution in [3.8, 4) is 0 Å². The van der Waals surface area contributed by atoms with Gasteiger partial charge in [0, 0.05) is 12.5 Å². The fraction of sp³-hybridized carbons (Fsp3) is 0.667. The van der Waals surface area contributed by atoms with Crippen LogP contribution in [0, 0.1) is 0 Å². The third kappa shape index (κ3) is 4.28. The molecule has 2 fully saturated rings. The molecule has 0 bridgehead atoms. The van der Waals surface area contributed by atoms with Crippen molar-refractivity contribution in [1.82, 2.24) is 0 Å². The van der Waals surface area contributed by atoms with Crippen molar-refractivity contribution in [2.75, 3.05) is 12.5 Å². The van der Waals surface area contributed by atoms with Crippen molar-refractivity contribution in [2.24, 2.45) is 0 Å². The number of aliphatic hydroxyl groups excluding tert-OH is 1. The molecule has 6 atom stereocenters. The van der Waals surface area contributed by atoms with E-state index in [2.05, 4.69) is 0 Å². The van der Waals surface area contributed by atoms with E-state index in [-0.39, 0.29) is 6.61 Å². The van der Waals surface area contributed by atoms with Gasteiger partial charge in [0.1, 0.15) is 18.3 Å². The molecule has 0 amide bonds. The summed E-state index contributed by atoms with van der Waals surface area (Å²) in [7, 11) is -9.00. The molecule has 2 unspecified atom stereocenters. The molecule has 2 heterocycles. The molecule has 1 aromatic carbocycles. The zero-order valence-electron chi connectivity index (χ0n) is 17.0. The van der Waals surface area contributed by atoms with Gasteiger partial charge in [0.05, 0.1) is 6.61 Å². The second-order valence-electron chi connectivity index (χ2n) is 7.99. The summed E-state index contributed by atoms with van der Waals surface area (Å²) in [6.07, 6.45) is -3.93. The second kappa shape index (κ2) is 7.78. The van der Waals surface area contributed by atoms with Crippen LogP contribution < -0.4 is 0 Å². The van der Waals surface area contributed by atoms with E-state index < -0.39 is 60.4 Å². The summed E-state index contributed by atoms with van der Waals surface area (Å²) in [4.78, 5) is -3.22. The highest BCUT2D eigenvalue weighted by Gasteiger charge is 2.67. The molecule has 170 valence electrons. The van der Waals surface area contributed by atoms with Crippen LogP contribution in [-0.4, -0.2) is 80.3 Å². The monoisotopic (exact) mass is 466 g/mol. The van der Waals surface area contributed by atoms with Gasteiger partial charge in [-0.05, 0) is 19.4 Å². The molecule has 1 aromatic rings. The number of benzene rings is 1. The Hall–Kier alpha value is -1.12. The van der Waals surface area contributed by atoms with Gasteiger partial charge in [-0.3, -0.25) is 0 Å². The maximum Gasteiger partial charge on any atom is 0.235 e. The minimum atomic E-state index is -4.60. The van der Waals surface area contributed by atoms with E-state index in [4.69, 9.17) is 18.9 Å². The van der Waals surface area contributed by atoms with Crippen molar-refractivity contribution in [3.63, 3.8) is 0 Å². The number of ether oxygens (including phenoxy) is 4. The Morgan fingerprint density at radius 1 is 1.13 bits per heavy atom. The Labute approximate surface area is 175 Å². The van der Waals surface area contributed by atoms with Gasteiger partial charge >= 0.3 is 0 Å². The highest BCUT2D eigenvalue weighted by atomic mass is 32.2. The Balaban J connectivity index is 2.01. The van der Waals surface area contributed by atoms with Crippen molar-refractivity contribution in [3.05, 3.63) is 35.9 Å². The molecule has 0 aliphatic carbocycles. The Morgan fingerprint density at radius 2 is 1.73 bits per heavy atom. The predicted octanol–water partition coefficient (Wildman–Crippen LogP) is -0.456. The quantitative estimate of drug-likeness (QED) is 0.541. The molecular weight excluding hydrogens is 440 g/mol. The zero-order chi connectivity index (χ0) is 22.5. The van der Waals surface area contributed by atoms with E-state index in [1.807, 2.05) is 6.07 Å².